The van der Waals surface area contributed by atoms with Crippen molar-refractivity contribution in [2.45, 2.75) is 33.6 Å². The van der Waals surface area contributed by atoms with Gasteiger partial charge in [-0.1, -0.05) is 6.92 Å². The van der Waals surface area contributed by atoms with E-state index in [4.69, 9.17) is 0 Å². The van der Waals surface area contributed by atoms with Gasteiger partial charge >= 0.3 is 0 Å². The van der Waals surface area contributed by atoms with Crippen LogP contribution in [0, 0.1) is 13.8 Å². The number of halogens is 1. The predicted octanol–water partition coefficient (Wildman–Crippen LogP) is 4.13. The predicted molar refractivity (Wildman–Crippen MR) is 89.4 cm³/mol. The van der Waals surface area contributed by atoms with E-state index >= 15 is 0 Å². The van der Waals surface area contributed by atoms with E-state index < -0.39 is 0 Å². The van der Waals surface area contributed by atoms with Crippen LogP contribution in [0.4, 0.5) is 0 Å². The van der Waals surface area contributed by atoms with Crippen molar-refractivity contribution >= 4 is 27.3 Å². The monoisotopic (exact) mass is 353 g/mol. The van der Waals surface area contributed by atoms with Crippen molar-refractivity contribution in [1.29, 1.82) is 0 Å². The van der Waals surface area contributed by atoms with Crippen LogP contribution in [0.15, 0.2) is 15.9 Å². The lowest BCUT2D eigenvalue weighted by Gasteiger charge is -2.10. The molecule has 0 aromatic carbocycles. The molecular formula is C15H20BrN3S. The van der Waals surface area contributed by atoms with Gasteiger partial charge in [0.1, 0.15) is 0 Å². The second-order valence-electron chi connectivity index (χ2n) is 4.83. The summed E-state index contributed by atoms with van der Waals surface area (Å²) in [7, 11) is 0. The molecule has 2 heterocycles. The Morgan fingerprint density at radius 3 is 2.45 bits per heavy atom. The van der Waals surface area contributed by atoms with Crippen molar-refractivity contribution in [3.05, 3.63) is 32.9 Å². The summed E-state index contributed by atoms with van der Waals surface area (Å²) in [5, 5.41) is 5.49. The molecule has 2 aromatic heterocycles. The number of nitrogens with one attached hydrogen (secondary N) is 1. The van der Waals surface area contributed by atoms with Crippen molar-refractivity contribution in [3.8, 4) is 10.7 Å². The molecule has 2 rings (SSSR count). The standard InChI is InChI=1S/C15H20BrN3S/c1-4-6-17-7-5-13-10(2)18-15(19-11(13)3)14-8-12(16)9-20-14/h8-9,17H,4-7H2,1-3H3. The van der Waals surface area contributed by atoms with Gasteiger partial charge in [-0.15, -0.1) is 11.3 Å². The second kappa shape index (κ2) is 7.29. The normalized spacial score (nSPS) is 11.0. The van der Waals surface area contributed by atoms with E-state index in [0.29, 0.717) is 0 Å². The van der Waals surface area contributed by atoms with Crippen LogP contribution in [-0.2, 0) is 6.42 Å². The second-order valence-corrected chi connectivity index (χ2v) is 6.65. The molecule has 0 aliphatic heterocycles. The quantitative estimate of drug-likeness (QED) is 0.793. The SMILES string of the molecule is CCCNCCc1c(C)nc(-c2cc(Br)cs2)nc1C. The van der Waals surface area contributed by atoms with E-state index in [2.05, 4.69) is 63.4 Å². The molecule has 2 aromatic rings. The van der Waals surface area contributed by atoms with Crippen LogP contribution in [-0.4, -0.2) is 23.1 Å². The summed E-state index contributed by atoms with van der Waals surface area (Å²) in [4.78, 5) is 10.4. The molecule has 0 aliphatic carbocycles. The maximum Gasteiger partial charge on any atom is 0.169 e. The first kappa shape index (κ1) is 15.6. The van der Waals surface area contributed by atoms with Gasteiger partial charge in [-0.3, -0.25) is 0 Å². The maximum atomic E-state index is 4.67. The van der Waals surface area contributed by atoms with Crippen molar-refractivity contribution < 1.29 is 0 Å². The molecule has 0 saturated heterocycles. The number of nitrogens with zero attached hydrogens (tertiary/aromatic N) is 2. The van der Waals surface area contributed by atoms with Gasteiger partial charge in [-0.2, -0.15) is 0 Å². The zero-order valence-corrected chi connectivity index (χ0v) is 14.6. The Morgan fingerprint density at radius 1 is 1.20 bits per heavy atom. The Bertz CT molecular complexity index is 557. The first-order valence-electron chi connectivity index (χ1n) is 6.91. The van der Waals surface area contributed by atoms with E-state index in [1.165, 1.54) is 12.0 Å². The smallest absolute Gasteiger partial charge is 0.169 e. The molecule has 5 heteroatoms. The zero-order chi connectivity index (χ0) is 14.5. The molecule has 1 N–H and O–H groups in total. The molecule has 0 atom stereocenters. The Kier molecular flexibility index (Phi) is 5.69. The summed E-state index contributed by atoms with van der Waals surface area (Å²) in [5.74, 6) is 0.834. The zero-order valence-electron chi connectivity index (χ0n) is 12.2. The highest BCUT2D eigenvalue weighted by Gasteiger charge is 2.11. The molecule has 20 heavy (non-hydrogen) atoms. The average Bonchev–Trinajstić information content (AvgIpc) is 2.83. The molecule has 0 unspecified atom stereocenters. The maximum absolute atomic E-state index is 4.67. The van der Waals surface area contributed by atoms with E-state index in [0.717, 1.165) is 46.1 Å². The first-order chi connectivity index (χ1) is 9.61. The molecule has 0 bridgehead atoms. The third-order valence-corrected chi connectivity index (χ3v) is 4.87. The Labute approximate surface area is 133 Å². The summed E-state index contributed by atoms with van der Waals surface area (Å²) in [6.07, 6.45) is 2.16. The number of hydrogen-bond acceptors (Lipinski definition) is 4. The number of aromatic nitrogens is 2. The van der Waals surface area contributed by atoms with Gasteiger partial charge in [0, 0.05) is 21.2 Å². The minimum Gasteiger partial charge on any atom is -0.316 e. The highest BCUT2D eigenvalue weighted by molar-refractivity contribution is 9.10. The molecule has 3 nitrogen and oxygen atoms in total. The molecule has 0 spiro atoms. The largest absolute Gasteiger partial charge is 0.316 e. The third-order valence-electron chi connectivity index (χ3n) is 3.19. The van der Waals surface area contributed by atoms with Crippen molar-refractivity contribution in [2.75, 3.05) is 13.1 Å². The molecule has 0 saturated carbocycles. The minimum absolute atomic E-state index is 0.834. The fraction of sp³-hybridized carbons (Fsp3) is 0.467. The van der Waals surface area contributed by atoms with Crippen LogP contribution in [0.1, 0.15) is 30.3 Å². The van der Waals surface area contributed by atoms with E-state index in [9.17, 15) is 0 Å². The molecule has 0 fully saturated rings. The lowest BCUT2D eigenvalue weighted by molar-refractivity contribution is 0.666. The molecule has 0 aliphatic rings. The topological polar surface area (TPSA) is 37.8 Å². The van der Waals surface area contributed by atoms with Gasteiger partial charge in [0.15, 0.2) is 5.82 Å². The van der Waals surface area contributed by atoms with Crippen LogP contribution in [0.25, 0.3) is 10.7 Å². The lowest BCUT2D eigenvalue weighted by atomic mass is 10.1. The average molecular weight is 354 g/mol. The fourth-order valence-corrected chi connectivity index (χ4v) is 3.52. The highest BCUT2D eigenvalue weighted by Crippen LogP contribution is 2.28. The Balaban J connectivity index is 2.16. The molecule has 108 valence electrons. The van der Waals surface area contributed by atoms with Crippen LogP contribution in [0.3, 0.4) is 0 Å². The van der Waals surface area contributed by atoms with Crippen molar-refractivity contribution in [3.63, 3.8) is 0 Å². The fourth-order valence-electron chi connectivity index (χ4n) is 2.16. The first-order valence-corrected chi connectivity index (χ1v) is 8.58. The van der Waals surface area contributed by atoms with Crippen LogP contribution < -0.4 is 5.32 Å². The summed E-state index contributed by atoms with van der Waals surface area (Å²) >= 11 is 5.14. The van der Waals surface area contributed by atoms with Gasteiger partial charge in [0.05, 0.1) is 4.88 Å². The summed E-state index contributed by atoms with van der Waals surface area (Å²) in [5.41, 5.74) is 3.46. The van der Waals surface area contributed by atoms with E-state index in [-0.39, 0.29) is 0 Å². The lowest BCUT2D eigenvalue weighted by Crippen LogP contribution is -2.19. The van der Waals surface area contributed by atoms with Gasteiger partial charge in [-0.25, -0.2) is 9.97 Å². The third kappa shape index (κ3) is 3.87. The van der Waals surface area contributed by atoms with E-state index in [1.54, 1.807) is 11.3 Å². The van der Waals surface area contributed by atoms with Crippen molar-refractivity contribution in [1.82, 2.24) is 15.3 Å². The van der Waals surface area contributed by atoms with Gasteiger partial charge in [0.2, 0.25) is 0 Å². The van der Waals surface area contributed by atoms with Gasteiger partial charge in [-0.05, 0) is 67.3 Å². The van der Waals surface area contributed by atoms with Crippen molar-refractivity contribution in [2.24, 2.45) is 0 Å². The molecule has 0 amide bonds. The van der Waals surface area contributed by atoms with Crippen LogP contribution >= 0.6 is 27.3 Å². The number of aryl methyl sites for hydroxylation is 2. The Hall–Kier alpha value is -0.780. The number of thiophene rings is 1. The number of rotatable bonds is 6. The summed E-state index contributed by atoms with van der Waals surface area (Å²) < 4.78 is 1.09. The summed E-state index contributed by atoms with van der Waals surface area (Å²) in [6, 6.07) is 2.07. The number of hydrogen-bond donors (Lipinski definition) is 1. The van der Waals surface area contributed by atoms with Crippen LogP contribution in [0.5, 0.6) is 0 Å². The van der Waals surface area contributed by atoms with Crippen LogP contribution in [0.2, 0.25) is 0 Å². The van der Waals surface area contributed by atoms with Gasteiger partial charge in [0.25, 0.3) is 0 Å². The molecule has 0 radical (unpaired) electrons. The minimum atomic E-state index is 0.834. The summed E-state index contributed by atoms with van der Waals surface area (Å²) in [6.45, 7) is 8.40. The highest BCUT2D eigenvalue weighted by atomic mass is 79.9. The Morgan fingerprint density at radius 2 is 1.90 bits per heavy atom. The molecular weight excluding hydrogens is 334 g/mol. The van der Waals surface area contributed by atoms with Gasteiger partial charge < -0.3 is 5.32 Å². The van der Waals surface area contributed by atoms with E-state index in [1.807, 2.05) is 0 Å².